The molecule has 1 aromatic rings. The summed E-state index contributed by atoms with van der Waals surface area (Å²) in [5.74, 6) is -0.439. The van der Waals surface area contributed by atoms with E-state index < -0.39 is 17.4 Å². The fraction of sp³-hybridized carbons (Fsp3) is 0.500. The second-order valence-corrected chi connectivity index (χ2v) is 7.40. The van der Waals surface area contributed by atoms with Gasteiger partial charge in [0.25, 0.3) is 0 Å². The number of benzene rings is 1. The molecule has 0 bridgehead atoms. The van der Waals surface area contributed by atoms with Crippen molar-refractivity contribution in [3.8, 4) is 11.5 Å². The standard InChI is InChI=1S/C22H29FO4/c1-8-25-18-11-19-16(17(13(3)4)12-22(6,7)27-19)10-15(18)14(5)20(23)21(24)26-9-2/h10-13H,8-9H2,1-7H3/b20-14+. The van der Waals surface area contributed by atoms with Crippen molar-refractivity contribution >= 4 is 17.1 Å². The molecule has 1 aliphatic heterocycles. The zero-order valence-corrected chi connectivity index (χ0v) is 17.2. The van der Waals surface area contributed by atoms with Crippen LogP contribution in [-0.4, -0.2) is 24.8 Å². The van der Waals surface area contributed by atoms with Crippen LogP contribution in [0.3, 0.4) is 0 Å². The van der Waals surface area contributed by atoms with Crippen molar-refractivity contribution in [1.29, 1.82) is 0 Å². The van der Waals surface area contributed by atoms with Gasteiger partial charge in [0.15, 0.2) is 0 Å². The summed E-state index contributed by atoms with van der Waals surface area (Å²) in [6.07, 6.45) is 2.09. The zero-order valence-electron chi connectivity index (χ0n) is 17.2. The molecule has 148 valence electrons. The second-order valence-electron chi connectivity index (χ2n) is 7.40. The SMILES string of the molecule is CCOC(=O)/C(F)=C(/C)c1cc2c(cc1OCC)OC(C)(C)C=C2C(C)C. The predicted octanol–water partition coefficient (Wildman–Crippen LogP) is 5.56. The monoisotopic (exact) mass is 376 g/mol. The third-order valence-electron chi connectivity index (χ3n) is 4.38. The molecule has 0 atom stereocenters. The molecule has 1 heterocycles. The number of esters is 1. The summed E-state index contributed by atoms with van der Waals surface area (Å²) in [5, 5.41) is 0. The van der Waals surface area contributed by atoms with Crippen LogP contribution in [0, 0.1) is 5.92 Å². The Labute approximate surface area is 161 Å². The van der Waals surface area contributed by atoms with Gasteiger partial charge in [-0.1, -0.05) is 13.8 Å². The molecule has 2 rings (SSSR count). The number of ether oxygens (including phenoxy) is 3. The maximum Gasteiger partial charge on any atom is 0.367 e. The Morgan fingerprint density at radius 3 is 2.44 bits per heavy atom. The fourth-order valence-electron chi connectivity index (χ4n) is 3.15. The van der Waals surface area contributed by atoms with Crippen molar-refractivity contribution in [2.45, 2.75) is 54.1 Å². The minimum absolute atomic E-state index is 0.116. The highest BCUT2D eigenvalue weighted by atomic mass is 19.1. The number of halogens is 1. The van der Waals surface area contributed by atoms with Gasteiger partial charge in [-0.3, -0.25) is 0 Å². The Hall–Kier alpha value is -2.30. The van der Waals surface area contributed by atoms with Gasteiger partial charge in [-0.25, -0.2) is 4.79 Å². The van der Waals surface area contributed by atoms with Gasteiger partial charge in [0.1, 0.15) is 17.1 Å². The number of fused-ring (bicyclic) bond motifs is 1. The summed E-state index contributed by atoms with van der Waals surface area (Å²) in [7, 11) is 0. The molecule has 1 aromatic carbocycles. The van der Waals surface area contributed by atoms with E-state index in [1.54, 1.807) is 19.9 Å². The highest BCUT2D eigenvalue weighted by Gasteiger charge is 2.30. The van der Waals surface area contributed by atoms with E-state index in [4.69, 9.17) is 14.2 Å². The fourth-order valence-corrected chi connectivity index (χ4v) is 3.15. The van der Waals surface area contributed by atoms with Gasteiger partial charge in [-0.05, 0) is 58.3 Å². The first-order chi connectivity index (χ1) is 12.6. The van der Waals surface area contributed by atoms with Gasteiger partial charge in [-0.2, -0.15) is 4.39 Å². The minimum Gasteiger partial charge on any atom is -0.493 e. The molecule has 0 saturated heterocycles. The summed E-state index contributed by atoms with van der Waals surface area (Å²) in [6, 6.07) is 3.63. The maximum atomic E-state index is 14.6. The van der Waals surface area contributed by atoms with Crippen LogP contribution >= 0.6 is 0 Å². The molecular weight excluding hydrogens is 347 g/mol. The summed E-state index contributed by atoms with van der Waals surface area (Å²) in [4.78, 5) is 11.8. The van der Waals surface area contributed by atoms with Crippen LogP contribution in [0.4, 0.5) is 4.39 Å². The number of carbonyl (C=O) groups is 1. The van der Waals surface area contributed by atoms with Gasteiger partial charge < -0.3 is 14.2 Å². The molecule has 0 amide bonds. The Morgan fingerprint density at radius 2 is 1.89 bits per heavy atom. The van der Waals surface area contributed by atoms with Crippen LogP contribution in [0.1, 0.15) is 59.6 Å². The minimum atomic E-state index is -0.966. The molecule has 5 heteroatoms. The van der Waals surface area contributed by atoms with Gasteiger partial charge >= 0.3 is 5.97 Å². The van der Waals surface area contributed by atoms with E-state index in [1.807, 2.05) is 26.8 Å². The Balaban J connectivity index is 2.68. The van der Waals surface area contributed by atoms with E-state index in [9.17, 15) is 9.18 Å². The van der Waals surface area contributed by atoms with E-state index in [-0.39, 0.29) is 18.1 Å². The number of hydrogen-bond donors (Lipinski definition) is 0. The van der Waals surface area contributed by atoms with Crippen LogP contribution < -0.4 is 9.47 Å². The van der Waals surface area contributed by atoms with Gasteiger partial charge in [0, 0.05) is 22.8 Å². The summed E-state index contributed by atoms with van der Waals surface area (Å²) < 4.78 is 31.2. The van der Waals surface area contributed by atoms with Gasteiger partial charge in [0.05, 0.1) is 13.2 Å². The lowest BCUT2D eigenvalue weighted by molar-refractivity contribution is -0.140. The van der Waals surface area contributed by atoms with E-state index in [2.05, 4.69) is 19.9 Å². The molecule has 0 spiro atoms. The first-order valence-corrected chi connectivity index (χ1v) is 9.38. The van der Waals surface area contributed by atoms with Crippen molar-refractivity contribution in [2.75, 3.05) is 13.2 Å². The normalized spacial score (nSPS) is 16.1. The Morgan fingerprint density at radius 1 is 1.22 bits per heavy atom. The van der Waals surface area contributed by atoms with Gasteiger partial charge in [-0.15, -0.1) is 0 Å². The molecule has 0 unspecified atom stereocenters. The molecule has 0 radical (unpaired) electrons. The van der Waals surface area contributed by atoms with Crippen molar-refractivity contribution < 1.29 is 23.4 Å². The topological polar surface area (TPSA) is 44.8 Å². The second kappa shape index (κ2) is 8.15. The summed E-state index contributed by atoms with van der Waals surface area (Å²) in [6.45, 7) is 13.8. The quantitative estimate of drug-likeness (QED) is 0.482. The summed E-state index contributed by atoms with van der Waals surface area (Å²) >= 11 is 0. The van der Waals surface area contributed by atoms with Gasteiger partial charge in [0.2, 0.25) is 5.83 Å². The Bertz CT molecular complexity index is 788. The first kappa shape index (κ1) is 21.0. The lowest BCUT2D eigenvalue weighted by Gasteiger charge is -2.33. The third-order valence-corrected chi connectivity index (χ3v) is 4.38. The first-order valence-electron chi connectivity index (χ1n) is 9.38. The molecule has 0 aromatic heterocycles. The molecule has 0 N–H and O–H groups in total. The van der Waals surface area contributed by atoms with Crippen LogP contribution in [0.15, 0.2) is 24.0 Å². The van der Waals surface area contributed by atoms with E-state index in [1.165, 1.54) is 0 Å². The molecule has 0 fully saturated rings. The van der Waals surface area contributed by atoms with Crippen LogP contribution in [0.5, 0.6) is 11.5 Å². The number of rotatable bonds is 6. The van der Waals surface area contributed by atoms with Crippen molar-refractivity contribution in [2.24, 2.45) is 5.92 Å². The van der Waals surface area contributed by atoms with Crippen LogP contribution in [-0.2, 0) is 9.53 Å². The number of hydrogen-bond acceptors (Lipinski definition) is 4. The molecule has 0 aliphatic carbocycles. The number of carbonyl (C=O) groups excluding carboxylic acids is 1. The van der Waals surface area contributed by atoms with Crippen LogP contribution in [0.25, 0.3) is 11.1 Å². The third kappa shape index (κ3) is 4.52. The smallest absolute Gasteiger partial charge is 0.367 e. The largest absolute Gasteiger partial charge is 0.493 e. The van der Waals surface area contributed by atoms with E-state index in [0.29, 0.717) is 23.7 Å². The van der Waals surface area contributed by atoms with Crippen molar-refractivity contribution in [3.63, 3.8) is 0 Å². The highest BCUT2D eigenvalue weighted by molar-refractivity contribution is 5.96. The molecule has 1 aliphatic rings. The molecule has 27 heavy (non-hydrogen) atoms. The average molecular weight is 376 g/mol. The molecule has 4 nitrogen and oxygen atoms in total. The van der Waals surface area contributed by atoms with Crippen molar-refractivity contribution in [1.82, 2.24) is 0 Å². The Kier molecular flexibility index (Phi) is 6.34. The highest BCUT2D eigenvalue weighted by Crippen LogP contribution is 2.44. The maximum absolute atomic E-state index is 14.6. The lowest BCUT2D eigenvalue weighted by Crippen LogP contribution is -2.30. The average Bonchev–Trinajstić information content (AvgIpc) is 2.58. The van der Waals surface area contributed by atoms with E-state index in [0.717, 1.165) is 11.1 Å². The van der Waals surface area contributed by atoms with Crippen molar-refractivity contribution in [3.05, 3.63) is 35.2 Å². The molecular formula is C22H29FO4. The summed E-state index contributed by atoms with van der Waals surface area (Å²) in [5.41, 5.74) is 2.27. The lowest BCUT2D eigenvalue weighted by atomic mass is 9.86. The number of allylic oxidation sites excluding steroid dienone is 2. The predicted molar refractivity (Wildman–Crippen MR) is 105 cm³/mol. The zero-order chi connectivity index (χ0) is 20.4. The van der Waals surface area contributed by atoms with Crippen LogP contribution in [0.2, 0.25) is 0 Å². The molecule has 0 saturated carbocycles. The van der Waals surface area contributed by atoms with E-state index >= 15 is 0 Å².